The molecule has 2 aromatic rings. The van der Waals surface area contributed by atoms with Crippen LogP contribution in [0.15, 0.2) is 18.2 Å². The zero-order chi connectivity index (χ0) is 15.6. The van der Waals surface area contributed by atoms with E-state index < -0.39 is 5.82 Å². The Kier molecular flexibility index (Phi) is 4.82. The highest BCUT2D eigenvalue weighted by Gasteiger charge is 2.19. The molecule has 0 fully saturated rings. The summed E-state index contributed by atoms with van der Waals surface area (Å²) in [5.74, 6) is 5.37. The number of aryl methyl sites for hydroxylation is 2. The number of hydrogen-bond acceptors (Lipinski definition) is 4. The molecule has 1 unspecified atom stereocenters. The van der Waals surface area contributed by atoms with Crippen LogP contribution in [0.25, 0.3) is 0 Å². The quantitative estimate of drug-likeness (QED) is 0.656. The molecular formula is C14H18ClFN4O. The number of nitrogens with two attached hydrogens (primary N) is 1. The van der Waals surface area contributed by atoms with Crippen molar-refractivity contribution >= 4 is 11.6 Å². The van der Waals surface area contributed by atoms with Gasteiger partial charge in [-0.3, -0.25) is 16.0 Å². The second-order valence-electron chi connectivity index (χ2n) is 4.79. The second kappa shape index (κ2) is 6.43. The lowest BCUT2D eigenvalue weighted by atomic mass is 10.0. The van der Waals surface area contributed by atoms with E-state index in [4.69, 9.17) is 22.2 Å². The maximum atomic E-state index is 13.8. The summed E-state index contributed by atoms with van der Waals surface area (Å²) < 4.78 is 20.4. The van der Waals surface area contributed by atoms with Crippen molar-refractivity contribution in [1.82, 2.24) is 15.2 Å². The number of methoxy groups -OCH3 is 1. The topological polar surface area (TPSA) is 65.1 Å². The Morgan fingerprint density at radius 1 is 1.52 bits per heavy atom. The van der Waals surface area contributed by atoms with Crippen molar-refractivity contribution in [2.75, 3.05) is 7.11 Å². The molecule has 5 nitrogen and oxygen atoms in total. The van der Waals surface area contributed by atoms with Crippen LogP contribution in [0.5, 0.6) is 5.75 Å². The van der Waals surface area contributed by atoms with Gasteiger partial charge in [-0.05, 0) is 24.6 Å². The third-order valence-corrected chi connectivity index (χ3v) is 3.93. The highest BCUT2D eigenvalue weighted by molar-refractivity contribution is 6.31. The number of nitrogens with zero attached hydrogens (tertiary/aromatic N) is 2. The molecule has 0 spiro atoms. The van der Waals surface area contributed by atoms with E-state index >= 15 is 0 Å². The minimum absolute atomic E-state index is 0.198. The Morgan fingerprint density at radius 2 is 2.24 bits per heavy atom. The van der Waals surface area contributed by atoms with Crippen molar-refractivity contribution in [1.29, 1.82) is 0 Å². The number of hydrazine groups is 1. The predicted octanol–water partition coefficient (Wildman–Crippen LogP) is 2.28. The zero-order valence-corrected chi connectivity index (χ0v) is 12.9. The fourth-order valence-electron chi connectivity index (χ4n) is 2.27. The van der Waals surface area contributed by atoms with Gasteiger partial charge >= 0.3 is 0 Å². The summed E-state index contributed by atoms with van der Waals surface area (Å²) in [7, 11) is 3.24. The van der Waals surface area contributed by atoms with Gasteiger partial charge in [0.15, 0.2) is 11.6 Å². The van der Waals surface area contributed by atoms with Crippen LogP contribution in [-0.2, 0) is 13.5 Å². The van der Waals surface area contributed by atoms with Crippen molar-refractivity contribution in [3.63, 3.8) is 0 Å². The molecule has 114 valence electrons. The SMILES string of the molecule is COc1ccc(C(Cc2c(Cl)c(C)nn2C)NN)cc1F. The summed E-state index contributed by atoms with van der Waals surface area (Å²) in [5.41, 5.74) is 5.00. The summed E-state index contributed by atoms with van der Waals surface area (Å²) in [6, 6.07) is 4.47. The van der Waals surface area contributed by atoms with Gasteiger partial charge in [-0.25, -0.2) is 4.39 Å². The molecule has 1 aromatic carbocycles. The van der Waals surface area contributed by atoms with Crippen molar-refractivity contribution < 1.29 is 9.13 Å². The third-order valence-electron chi connectivity index (χ3n) is 3.44. The third kappa shape index (κ3) is 3.18. The molecule has 7 heteroatoms. The standard InChI is InChI=1S/C14H18ClFN4O/c1-8-14(15)12(20(2)19-8)7-11(18-17)9-4-5-13(21-3)10(16)6-9/h4-6,11,18H,7,17H2,1-3H3. The first kappa shape index (κ1) is 15.8. The maximum Gasteiger partial charge on any atom is 0.165 e. The number of benzene rings is 1. The predicted molar refractivity (Wildman–Crippen MR) is 79.7 cm³/mol. The summed E-state index contributed by atoms with van der Waals surface area (Å²) in [6.45, 7) is 1.84. The lowest BCUT2D eigenvalue weighted by molar-refractivity contribution is 0.385. The summed E-state index contributed by atoms with van der Waals surface area (Å²) in [6.07, 6.45) is 0.498. The highest BCUT2D eigenvalue weighted by atomic mass is 35.5. The number of aromatic nitrogens is 2. The molecule has 0 radical (unpaired) electrons. The highest BCUT2D eigenvalue weighted by Crippen LogP contribution is 2.27. The van der Waals surface area contributed by atoms with E-state index in [1.807, 2.05) is 14.0 Å². The van der Waals surface area contributed by atoms with Crippen molar-refractivity contribution in [3.05, 3.63) is 46.0 Å². The molecule has 2 rings (SSSR count). The molecule has 1 heterocycles. The van der Waals surface area contributed by atoms with Crippen LogP contribution in [0.1, 0.15) is 23.0 Å². The van der Waals surface area contributed by atoms with Crippen LogP contribution in [0.2, 0.25) is 5.02 Å². The Morgan fingerprint density at radius 3 is 2.71 bits per heavy atom. The average molecular weight is 313 g/mol. The second-order valence-corrected chi connectivity index (χ2v) is 5.17. The molecule has 0 bridgehead atoms. The molecule has 1 aromatic heterocycles. The summed E-state index contributed by atoms with van der Waals surface area (Å²) >= 11 is 6.24. The van der Waals surface area contributed by atoms with Gasteiger partial charge in [-0.1, -0.05) is 17.7 Å². The molecular weight excluding hydrogens is 295 g/mol. The Labute approximate surface area is 127 Å². The van der Waals surface area contributed by atoms with E-state index in [-0.39, 0.29) is 11.8 Å². The van der Waals surface area contributed by atoms with Gasteiger partial charge < -0.3 is 4.74 Å². The first-order chi connectivity index (χ1) is 9.97. The molecule has 0 amide bonds. The Bertz CT molecular complexity index is 644. The van der Waals surface area contributed by atoms with Crippen molar-refractivity contribution in [3.8, 4) is 5.75 Å². The van der Waals surface area contributed by atoms with Gasteiger partial charge in [0, 0.05) is 13.5 Å². The zero-order valence-electron chi connectivity index (χ0n) is 12.2. The van der Waals surface area contributed by atoms with Crippen molar-refractivity contribution in [2.45, 2.75) is 19.4 Å². The molecule has 0 aliphatic carbocycles. The normalized spacial score (nSPS) is 12.5. The van der Waals surface area contributed by atoms with Gasteiger partial charge in [0.05, 0.1) is 29.6 Å². The number of halogens is 2. The lowest BCUT2D eigenvalue weighted by Gasteiger charge is -2.17. The van der Waals surface area contributed by atoms with Crippen LogP contribution in [0.3, 0.4) is 0 Å². The largest absolute Gasteiger partial charge is 0.494 e. The lowest BCUT2D eigenvalue weighted by Crippen LogP contribution is -2.30. The number of hydrogen-bond donors (Lipinski definition) is 2. The molecule has 0 saturated heterocycles. The maximum absolute atomic E-state index is 13.8. The Balaban J connectivity index is 2.30. The van der Waals surface area contributed by atoms with Gasteiger partial charge in [0.25, 0.3) is 0 Å². The van der Waals surface area contributed by atoms with Crippen LogP contribution >= 0.6 is 11.6 Å². The fraction of sp³-hybridized carbons (Fsp3) is 0.357. The molecule has 1 atom stereocenters. The summed E-state index contributed by atoms with van der Waals surface area (Å²) in [5, 5.41) is 4.86. The minimum Gasteiger partial charge on any atom is -0.494 e. The number of nitrogens with one attached hydrogen (secondary N) is 1. The molecule has 21 heavy (non-hydrogen) atoms. The molecule has 0 aliphatic rings. The Hall–Kier alpha value is -1.63. The van der Waals surface area contributed by atoms with Crippen LogP contribution in [0, 0.1) is 12.7 Å². The monoisotopic (exact) mass is 312 g/mol. The first-order valence-electron chi connectivity index (χ1n) is 6.45. The van der Waals surface area contributed by atoms with Gasteiger partial charge in [0.1, 0.15) is 0 Å². The summed E-state index contributed by atoms with van der Waals surface area (Å²) in [4.78, 5) is 0. The first-order valence-corrected chi connectivity index (χ1v) is 6.83. The smallest absolute Gasteiger partial charge is 0.165 e. The van der Waals surface area contributed by atoms with E-state index in [9.17, 15) is 4.39 Å². The number of rotatable bonds is 5. The van der Waals surface area contributed by atoms with Crippen LogP contribution < -0.4 is 16.0 Å². The average Bonchev–Trinajstić information content (AvgIpc) is 2.70. The van der Waals surface area contributed by atoms with Crippen LogP contribution in [-0.4, -0.2) is 16.9 Å². The van der Waals surface area contributed by atoms with Gasteiger partial charge in [0.2, 0.25) is 0 Å². The molecule has 0 aliphatic heterocycles. The van der Waals surface area contributed by atoms with E-state index in [0.717, 1.165) is 11.4 Å². The van der Waals surface area contributed by atoms with Crippen molar-refractivity contribution in [2.24, 2.45) is 12.9 Å². The number of ether oxygens (including phenoxy) is 1. The van der Waals surface area contributed by atoms with Gasteiger partial charge in [-0.15, -0.1) is 0 Å². The van der Waals surface area contributed by atoms with E-state index in [1.165, 1.54) is 13.2 Å². The van der Waals surface area contributed by atoms with Crippen LogP contribution in [0.4, 0.5) is 4.39 Å². The van der Waals surface area contributed by atoms with E-state index in [0.29, 0.717) is 17.0 Å². The van der Waals surface area contributed by atoms with Gasteiger partial charge in [-0.2, -0.15) is 5.10 Å². The fourth-order valence-corrected chi connectivity index (χ4v) is 2.50. The van der Waals surface area contributed by atoms with E-state index in [2.05, 4.69) is 10.5 Å². The molecule has 3 N–H and O–H groups in total. The van der Waals surface area contributed by atoms with E-state index in [1.54, 1.807) is 16.8 Å². The minimum atomic E-state index is -0.428. The molecule has 0 saturated carbocycles.